The maximum atomic E-state index is 12.0. The number of hydroxylamine groups is 2. The minimum Gasteiger partial charge on any atom is -1.00 e. The van der Waals surface area contributed by atoms with Crippen molar-refractivity contribution in [3.63, 3.8) is 0 Å². The first-order chi connectivity index (χ1) is 16.6. The molecule has 3 amide bonds. The van der Waals surface area contributed by atoms with Gasteiger partial charge in [-0.3, -0.25) is 24.2 Å². The van der Waals surface area contributed by atoms with Crippen molar-refractivity contribution in [2.45, 2.75) is 111 Å². The zero-order chi connectivity index (χ0) is 28.3. The Hall–Kier alpha value is -1.11. The number of carbonyl (C=O) groups excluding carboxylic acids is 4. The van der Waals surface area contributed by atoms with Crippen molar-refractivity contribution in [1.82, 2.24) is 14.9 Å². The van der Waals surface area contributed by atoms with Crippen LogP contribution in [0.15, 0.2) is 0 Å². The average Bonchev–Trinajstić information content (AvgIpc) is 3.47. The van der Waals surface area contributed by atoms with Crippen molar-refractivity contribution in [2.75, 3.05) is 27.2 Å². The van der Waals surface area contributed by atoms with Gasteiger partial charge in [0.2, 0.25) is 0 Å². The van der Waals surface area contributed by atoms with E-state index < -0.39 is 23.3 Å². The van der Waals surface area contributed by atoms with E-state index in [4.69, 9.17) is 14.3 Å². The summed E-state index contributed by atoms with van der Waals surface area (Å²) >= 11 is 0. The Morgan fingerprint density at radius 2 is 1.21 bits per heavy atom. The number of rotatable bonds is 4. The molecule has 0 aromatic rings. The molecule has 2 aliphatic rings. The van der Waals surface area contributed by atoms with Crippen molar-refractivity contribution in [3.8, 4) is 0 Å². The fourth-order valence-corrected chi connectivity index (χ4v) is 3.74. The number of Topliss-reactive ketones (excluding diaryl/α,β-unsaturated/α-hetero) is 1. The van der Waals surface area contributed by atoms with Crippen LogP contribution in [-0.4, -0.2) is 112 Å². The van der Waals surface area contributed by atoms with Crippen LogP contribution in [0.3, 0.4) is 0 Å². The Morgan fingerprint density at radius 1 is 0.842 bits per heavy atom. The largest absolute Gasteiger partial charge is 2.00 e. The van der Waals surface area contributed by atoms with E-state index in [9.17, 15) is 19.2 Å². The van der Waals surface area contributed by atoms with Gasteiger partial charge in [0.15, 0.2) is 5.78 Å². The fraction of sp³-hybridized carbons (Fsp3) is 0.808. The number of amides is 3. The van der Waals surface area contributed by atoms with Gasteiger partial charge < -0.3 is 33.4 Å². The van der Waals surface area contributed by atoms with Gasteiger partial charge in [-0.05, 0) is 67.2 Å². The zero-order valence-electron chi connectivity index (χ0n) is 25.1. The number of ketones is 1. The van der Waals surface area contributed by atoms with E-state index in [1.54, 1.807) is 32.6 Å². The summed E-state index contributed by atoms with van der Waals surface area (Å²) in [5.74, 6) is -0.0933. The molecule has 0 radical (unpaired) electrons. The minimum absolute atomic E-state index is 0. The van der Waals surface area contributed by atoms with E-state index in [0.717, 1.165) is 24.3 Å². The minimum atomic E-state index is -0.555. The fourth-order valence-electron chi connectivity index (χ4n) is 3.74. The summed E-state index contributed by atoms with van der Waals surface area (Å²) in [6, 6.07) is -0.746. The zero-order valence-corrected chi connectivity index (χ0v) is 28.1. The van der Waals surface area contributed by atoms with Crippen LogP contribution in [0.1, 0.15) is 87.5 Å². The predicted molar refractivity (Wildman–Crippen MR) is 144 cm³/mol. The normalized spacial score (nSPS) is 18.4. The van der Waals surface area contributed by atoms with Crippen LogP contribution in [0, 0.1) is 6.92 Å². The van der Waals surface area contributed by atoms with Gasteiger partial charge in [-0.1, -0.05) is 6.92 Å². The second kappa shape index (κ2) is 19.0. The van der Waals surface area contributed by atoms with Crippen LogP contribution in [0.25, 0.3) is 0 Å². The van der Waals surface area contributed by atoms with Gasteiger partial charge in [0.25, 0.3) is 5.91 Å². The average molecular weight is 619 g/mol. The Kier molecular flexibility index (Phi) is 20.7. The molecule has 2 saturated heterocycles. The molecular formula is C26H48BrMgN3O7. The van der Waals surface area contributed by atoms with E-state index in [-0.39, 0.29) is 63.9 Å². The number of hydrogen-bond acceptors (Lipinski definition) is 7. The molecule has 2 heterocycles. The van der Waals surface area contributed by atoms with Crippen LogP contribution in [0.2, 0.25) is 0 Å². The van der Waals surface area contributed by atoms with Gasteiger partial charge >= 0.3 is 35.2 Å². The summed E-state index contributed by atoms with van der Waals surface area (Å²) < 4.78 is 10.6. The summed E-state index contributed by atoms with van der Waals surface area (Å²) in [7, 11) is 2.96. The van der Waals surface area contributed by atoms with Crippen LogP contribution < -0.4 is 17.0 Å². The summed E-state index contributed by atoms with van der Waals surface area (Å²) in [5, 5.41) is 1.15. The Balaban J connectivity index is -0.000000579. The van der Waals surface area contributed by atoms with E-state index in [2.05, 4.69) is 6.92 Å². The van der Waals surface area contributed by atoms with Gasteiger partial charge in [-0.15, -0.1) is 0 Å². The molecule has 10 nitrogen and oxygen atoms in total. The van der Waals surface area contributed by atoms with Gasteiger partial charge in [-0.2, -0.15) is 6.92 Å². The standard InChI is InChI=1S/C12H22N2O4.C12H21NO3.C2H5.BrH.Mg/c1-12(2,3)18-11(16)14-8-6-7-9(14)10(15)13(4)17-5;1-5-10(14)9-7-6-8-13(9)11(15)16-12(2,3)4;1-2;;/h9H,6-8H2,1-5H3;9H,5-8H2,1-4H3;1H2,2H3;1H;/q;;-1;;+2/p-1/t2*9-;;;/m00.../s1. The molecule has 0 bridgehead atoms. The van der Waals surface area contributed by atoms with E-state index >= 15 is 0 Å². The molecule has 0 unspecified atom stereocenters. The third-order valence-electron chi connectivity index (χ3n) is 5.35. The summed E-state index contributed by atoms with van der Waals surface area (Å²) in [4.78, 5) is 55.4. The molecule has 2 rings (SSSR count). The molecule has 2 aliphatic heterocycles. The van der Waals surface area contributed by atoms with E-state index in [1.165, 1.54) is 19.1 Å². The monoisotopic (exact) mass is 617 g/mol. The number of likely N-dealkylation sites (N-methyl/N-ethyl adjacent to an activating group) is 1. The number of carbonyl (C=O) groups is 4. The number of nitrogens with zero attached hydrogens (tertiary/aromatic N) is 3. The molecule has 12 heteroatoms. The van der Waals surface area contributed by atoms with Crippen molar-refractivity contribution < 1.29 is 50.5 Å². The molecule has 2 atom stereocenters. The van der Waals surface area contributed by atoms with Crippen molar-refractivity contribution in [2.24, 2.45) is 0 Å². The smallest absolute Gasteiger partial charge is 1.00 e. The van der Waals surface area contributed by atoms with Crippen molar-refractivity contribution in [1.29, 1.82) is 0 Å². The van der Waals surface area contributed by atoms with Crippen LogP contribution in [-0.2, 0) is 23.9 Å². The van der Waals surface area contributed by atoms with Crippen molar-refractivity contribution in [3.05, 3.63) is 6.92 Å². The molecule has 0 aromatic heterocycles. The summed E-state index contributed by atoms with van der Waals surface area (Å²) in [6.45, 7) is 18.9. The van der Waals surface area contributed by atoms with E-state index in [1.807, 2.05) is 27.7 Å². The summed E-state index contributed by atoms with van der Waals surface area (Å²) in [6.07, 6.45) is 2.77. The SMILES string of the molecule is CCC(=O)[C@@H]1CCCN1C(=O)OC(C)(C)C.CON(C)C(=O)[C@@H]1CCCN1C(=O)OC(C)(C)C.[Br-].[CH2-]C.[Mg+2]. The Morgan fingerprint density at radius 3 is 1.55 bits per heavy atom. The predicted octanol–water partition coefficient (Wildman–Crippen LogP) is 1.23. The molecule has 0 aliphatic carbocycles. The Labute approximate surface area is 256 Å². The van der Waals surface area contributed by atoms with Crippen molar-refractivity contribution >= 4 is 46.9 Å². The first-order valence-corrected chi connectivity index (χ1v) is 12.7. The first kappa shape index (κ1) is 41.4. The maximum Gasteiger partial charge on any atom is 2.00 e. The topological polar surface area (TPSA) is 106 Å². The van der Waals surface area contributed by atoms with E-state index in [0.29, 0.717) is 25.9 Å². The van der Waals surface area contributed by atoms with Gasteiger partial charge in [0.05, 0.1) is 13.2 Å². The third-order valence-corrected chi connectivity index (χ3v) is 5.35. The van der Waals surface area contributed by atoms with Crippen LogP contribution >= 0.6 is 0 Å². The number of ether oxygens (including phenoxy) is 2. The second-order valence-corrected chi connectivity index (χ2v) is 10.5. The number of likely N-dealkylation sites (tertiary alicyclic amines) is 2. The quantitative estimate of drug-likeness (QED) is 0.265. The molecule has 38 heavy (non-hydrogen) atoms. The molecule has 0 saturated carbocycles. The summed E-state index contributed by atoms with van der Waals surface area (Å²) in [5.41, 5.74) is -1.06. The van der Waals surface area contributed by atoms with Gasteiger partial charge in [-0.25, -0.2) is 14.7 Å². The molecule has 0 aromatic carbocycles. The second-order valence-electron chi connectivity index (χ2n) is 10.5. The Bertz CT molecular complexity index is 741. The first-order valence-electron chi connectivity index (χ1n) is 12.7. The number of halogens is 1. The van der Waals surface area contributed by atoms with Crippen LogP contribution in [0.5, 0.6) is 0 Å². The molecule has 2 fully saturated rings. The third kappa shape index (κ3) is 14.3. The maximum absolute atomic E-state index is 12.0. The molecule has 0 N–H and O–H groups in total. The molecule has 0 spiro atoms. The van der Waals surface area contributed by atoms with Gasteiger partial charge in [0.1, 0.15) is 17.2 Å². The van der Waals surface area contributed by atoms with Gasteiger partial charge in [0, 0.05) is 26.6 Å². The molecular weight excluding hydrogens is 571 g/mol. The van der Waals surface area contributed by atoms with Crippen LogP contribution in [0.4, 0.5) is 9.59 Å². The molecule has 218 valence electrons. The number of hydrogen-bond donors (Lipinski definition) is 0.